The van der Waals surface area contributed by atoms with Gasteiger partial charge in [0.05, 0.1) is 24.5 Å². The number of nitrogens with one attached hydrogen (secondary N) is 1. The lowest BCUT2D eigenvalue weighted by atomic mass is 10.0. The molecule has 2 aromatic carbocycles. The Bertz CT molecular complexity index is 1150. The molecule has 6 nitrogen and oxygen atoms in total. The maximum Gasteiger partial charge on any atom is 0.221 e. The number of aromatic amines is 1. The third kappa shape index (κ3) is 3.25. The molecule has 3 heterocycles. The van der Waals surface area contributed by atoms with Gasteiger partial charge < -0.3 is 4.74 Å². The van der Waals surface area contributed by atoms with Crippen molar-refractivity contribution in [3.8, 4) is 17.3 Å². The van der Waals surface area contributed by atoms with Gasteiger partial charge in [-0.1, -0.05) is 36.4 Å². The van der Waals surface area contributed by atoms with Crippen molar-refractivity contribution in [1.82, 2.24) is 25.1 Å². The van der Waals surface area contributed by atoms with Crippen molar-refractivity contribution in [2.75, 3.05) is 13.7 Å². The van der Waals surface area contributed by atoms with E-state index in [-0.39, 0.29) is 0 Å². The molecule has 0 saturated carbocycles. The first-order valence-corrected chi connectivity index (χ1v) is 9.86. The van der Waals surface area contributed by atoms with Crippen LogP contribution in [0.15, 0.2) is 48.7 Å². The summed E-state index contributed by atoms with van der Waals surface area (Å²) in [5, 5.41) is 8.26. The Morgan fingerprint density at radius 1 is 1.10 bits per heavy atom. The molecular formula is C23H23N5O. The van der Waals surface area contributed by atoms with E-state index in [1.54, 1.807) is 7.11 Å². The number of benzene rings is 2. The highest BCUT2D eigenvalue weighted by atomic mass is 16.5. The molecule has 146 valence electrons. The van der Waals surface area contributed by atoms with Gasteiger partial charge in [-0.3, -0.25) is 10.00 Å². The number of hydrogen-bond donors (Lipinski definition) is 1. The van der Waals surface area contributed by atoms with Crippen molar-refractivity contribution >= 4 is 10.9 Å². The molecule has 2 aromatic heterocycles. The van der Waals surface area contributed by atoms with Crippen LogP contribution in [0, 0.1) is 6.92 Å². The average molecular weight is 385 g/mol. The summed E-state index contributed by atoms with van der Waals surface area (Å²) < 4.78 is 5.71. The minimum Gasteiger partial charge on any atom is -0.481 e. The van der Waals surface area contributed by atoms with Crippen LogP contribution >= 0.6 is 0 Å². The van der Waals surface area contributed by atoms with Crippen molar-refractivity contribution in [2.45, 2.75) is 26.4 Å². The highest BCUT2D eigenvalue weighted by molar-refractivity contribution is 5.94. The van der Waals surface area contributed by atoms with Crippen LogP contribution in [0.1, 0.15) is 22.4 Å². The standard InChI is InChI=1S/C23H23N5O/c1-15-8-9-20-17(12-24-27-20)21(15)22-25-19-10-11-28(13-16-6-4-3-5-7-16)14-18(19)23(26-22)29-2/h3-9,12H,10-11,13-14H2,1-2H3,(H,24,27). The molecule has 1 aliphatic rings. The van der Waals surface area contributed by atoms with E-state index in [1.807, 2.05) is 12.3 Å². The Kier molecular flexibility index (Phi) is 4.48. The first kappa shape index (κ1) is 17.8. The Morgan fingerprint density at radius 2 is 1.97 bits per heavy atom. The summed E-state index contributed by atoms with van der Waals surface area (Å²) in [4.78, 5) is 12.2. The lowest BCUT2D eigenvalue weighted by molar-refractivity contribution is 0.236. The number of ether oxygens (including phenoxy) is 1. The number of fused-ring (bicyclic) bond motifs is 2. The topological polar surface area (TPSA) is 66.9 Å². The van der Waals surface area contributed by atoms with Gasteiger partial charge in [0.25, 0.3) is 0 Å². The first-order chi connectivity index (χ1) is 14.2. The molecule has 0 amide bonds. The molecule has 1 aliphatic heterocycles. The molecule has 0 unspecified atom stereocenters. The summed E-state index contributed by atoms with van der Waals surface area (Å²) in [6, 6.07) is 14.7. The monoisotopic (exact) mass is 385 g/mol. The molecule has 0 fully saturated rings. The van der Waals surface area contributed by atoms with Gasteiger partial charge in [0, 0.05) is 42.6 Å². The fourth-order valence-corrected chi connectivity index (χ4v) is 4.12. The van der Waals surface area contributed by atoms with E-state index >= 15 is 0 Å². The van der Waals surface area contributed by atoms with Gasteiger partial charge in [0.1, 0.15) is 0 Å². The van der Waals surface area contributed by atoms with Crippen LogP contribution in [-0.2, 0) is 19.5 Å². The van der Waals surface area contributed by atoms with Crippen LogP contribution in [0.4, 0.5) is 0 Å². The zero-order valence-electron chi connectivity index (χ0n) is 16.6. The van der Waals surface area contributed by atoms with Crippen molar-refractivity contribution in [1.29, 1.82) is 0 Å². The third-order valence-electron chi connectivity index (χ3n) is 5.60. The Labute approximate surface area is 169 Å². The largest absolute Gasteiger partial charge is 0.481 e. The van der Waals surface area contributed by atoms with E-state index in [4.69, 9.17) is 14.7 Å². The number of nitrogens with zero attached hydrogens (tertiary/aromatic N) is 4. The summed E-state index contributed by atoms with van der Waals surface area (Å²) >= 11 is 0. The number of aromatic nitrogens is 4. The zero-order chi connectivity index (χ0) is 19.8. The molecule has 6 heteroatoms. The Balaban J connectivity index is 1.53. The van der Waals surface area contributed by atoms with E-state index in [0.717, 1.165) is 59.3 Å². The van der Waals surface area contributed by atoms with Gasteiger partial charge in [-0.15, -0.1) is 0 Å². The SMILES string of the molecule is COc1nc(-c2c(C)ccc3[nH]ncc23)nc2c1CN(Cc1ccccc1)CC2. The smallest absolute Gasteiger partial charge is 0.221 e. The van der Waals surface area contributed by atoms with Gasteiger partial charge in [0.15, 0.2) is 5.82 Å². The number of rotatable bonds is 4. The minimum absolute atomic E-state index is 0.669. The second-order valence-electron chi connectivity index (χ2n) is 7.52. The van der Waals surface area contributed by atoms with Gasteiger partial charge >= 0.3 is 0 Å². The average Bonchev–Trinajstić information content (AvgIpc) is 3.22. The van der Waals surface area contributed by atoms with Gasteiger partial charge in [-0.05, 0) is 24.1 Å². The lowest BCUT2D eigenvalue weighted by Gasteiger charge is -2.29. The lowest BCUT2D eigenvalue weighted by Crippen LogP contribution is -2.31. The summed E-state index contributed by atoms with van der Waals surface area (Å²) in [6.07, 6.45) is 2.73. The summed E-state index contributed by atoms with van der Waals surface area (Å²) in [5.74, 6) is 1.38. The molecule has 0 radical (unpaired) electrons. The fraction of sp³-hybridized carbons (Fsp3) is 0.261. The Morgan fingerprint density at radius 3 is 2.79 bits per heavy atom. The van der Waals surface area contributed by atoms with Crippen LogP contribution in [-0.4, -0.2) is 38.7 Å². The fourth-order valence-electron chi connectivity index (χ4n) is 4.12. The summed E-state index contributed by atoms with van der Waals surface area (Å²) in [6.45, 7) is 4.76. The van der Waals surface area contributed by atoms with Gasteiger partial charge in [-0.25, -0.2) is 4.98 Å². The maximum absolute atomic E-state index is 5.71. The van der Waals surface area contributed by atoms with Crippen molar-refractivity contribution < 1.29 is 4.74 Å². The van der Waals surface area contributed by atoms with E-state index in [2.05, 4.69) is 58.4 Å². The summed E-state index contributed by atoms with van der Waals surface area (Å²) in [5.41, 5.74) is 6.62. The van der Waals surface area contributed by atoms with Crippen LogP contribution in [0.5, 0.6) is 5.88 Å². The number of aryl methyl sites for hydroxylation is 1. The second kappa shape index (κ2) is 7.29. The van der Waals surface area contributed by atoms with Gasteiger partial charge in [-0.2, -0.15) is 10.1 Å². The molecular weight excluding hydrogens is 362 g/mol. The predicted molar refractivity (Wildman–Crippen MR) is 113 cm³/mol. The normalized spacial score (nSPS) is 14.1. The summed E-state index contributed by atoms with van der Waals surface area (Å²) in [7, 11) is 1.69. The van der Waals surface area contributed by atoms with E-state index < -0.39 is 0 Å². The molecule has 0 atom stereocenters. The highest BCUT2D eigenvalue weighted by Crippen LogP contribution is 2.33. The molecule has 0 bridgehead atoms. The van der Waals surface area contributed by atoms with E-state index in [0.29, 0.717) is 11.7 Å². The predicted octanol–water partition coefficient (Wildman–Crippen LogP) is 3.90. The second-order valence-corrected chi connectivity index (χ2v) is 7.52. The number of hydrogen-bond acceptors (Lipinski definition) is 5. The maximum atomic E-state index is 5.71. The van der Waals surface area contributed by atoms with Crippen molar-refractivity contribution in [2.24, 2.45) is 0 Å². The molecule has 29 heavy (non-hydrogen) atoms. The molecule has 4 aromatic rings. The third-order valence-corrected chi connectivity index (χ3v) is 5.60. The Hall–Kier alpha value is -3.25. The zero-order valence-corrected chi connectivity index (χ0v) is 16.6. The molecule has 0 spiro atoms. The van der Waals surface area contributed by atoms with Crippen molar-refractivity contribution in [3.05, 3.63) is 71.0 Å². The molecule has 5 rings (SSSR count). The van der Waals surface area contributed by atoms with E-state index in [1.165, 1.54) is 5.56 Å². The number of methoxy groups -OCH3 is 1. The van der Waals surface area contributed by atoms with Crippen LogP contribution in [0.3, 0.4) is 0 Å². The van der Waals surface area contributed by atoms with Crippen LogP contribution in [0.25, 0.3) is 22.3 Å². The van der Waals surface area contributed by atoms with E-state index in [9.17, 15) is 0 Å². The molecule has 0 aliphatic carbocycles. The van der Waals surface area contributed by atoms with Crippen LogP contribution < -0.4 is 4.74 Å². The van der Waals surface area contributed by atoms with Crippen LogP contribution in [0.2, 0.25) is 0 Å². The van der Waals surface area contributed by atoms with Gasteiger partial charge in [0.2, 0.25) is 5.88 Å². The van der Waals surface area contributed by atoms with Crippen molar-refractivity contribution in [3.63, 3.8) is 0 Å². The minimum atomic E-state index is 0.669. The molecule has 0 saturated heterocycles. The molecule has 1 N–H and O–H groups in total. The highest BCUT2D eigenvalue weighted by Gasteiger charge is 2.24. The number of H-pyrrole nitrogens is 1. The first-order valence-electron chi connectivity index (χ1n) is 9.86. The quantitative estimate of drug-likeness (QED) is 0.577.